The van der Waals surface area contributed by atoms with Gasteiger partial charge in [-0.25, -0.2) is 4.68 Å². The topological polar surface area (TPSA) is 90.0 Å². The first-order valence-electron chi connectivity index (χ1n) is 8.67. The predicted molar refractivity (Wildman–Crippen MR) is 95.0 cm³/mol. The summed E-state index contributed by atoms with van der Waals surface area (Å²) in [6.45, 7) is 0. The molecular weight excluding hydrogens is 316 g/mol. The van der Waals surface area contributed by atoms with Crippen LogP contribution in [0.1, 0.15) is 48.2 Å². The van der Waals surface area contributed by atoms with Crippen LogP contribution in [-0.2, 0) is 4.79 Å². The molecule has 3 N–H and O–H groups in total. The van der Waals surface area contributed by atoms with Crippen molar-refractivity contribution in [3.05, 3.63) is 47.7 Å². The van der Waals surface area contributed by atoms with Gasteiger partial charge in [0.2, 0.25) is 0 Å². The van der Waals surface area contributed by atoms with Gasteiger partial charge in [0.1, 0.15) is 17.1 Å². The van der Waals surface area contributed by atoms with E-state index in [1.54, 1.807) is 0 Å². The van der Waals surface area contributed by atoms with Crippen LogP contribution < -0.4 is 11.1 Å². The molecule has 0 atom stereocenters. The maximum Gasteiger partial charge on any atom is 0.264 e. The molecule has 2 amide bonds. The van der Waals surface area contributed by atoms with Gasteiger partial charge >= 0.3 is 0 Å². The van der Waals surface area contributed by atoms with Crippen molar-refractivity contribution in [2.45, 2.75) is 32.1 Å². The number of amides is 2. The quantitative estimate of drug-likeness (QED) is 0.652. The van der Waals surface area contributed by atoms with Gasteiger partial charge in [0.05, 0.1) is 11.3 Å². The number of nitrogens with zero attached hydrogens (tertiary/aromatic N) is 2. The summed E-state index contributed by atoms with van der Waals surface area (Å²) in [5, 5.41) is 6.91. The van der Waals surface area contributed by atoms with Gasteiger partial charge in [-0.1, -0.05) is 43.5 Å². The average molecular weight is 336 g/mol. The van der Waals surface area contributed by atoms with Crippen molar-refractivity contribution in [1.29, 1.82) is 0 Å². The monoisotopic (exact) mass is 336 g/mol. The number of carbonyl (C=O) groups is 2. The van der Waals surface area contributed by atoms with E-state index in [-0.39, 0.29) is 17.3 Å². The first-order chi connectivity index (χ1) is 12.1. The van der Waals surface area contributed by atoms with Crippen LogP contribution in [0.5, 0.6) is 0 Å². The van der Waals surface area contributed by atoms with Crippen molar-refractivity contribution in [2.24, 2.45) is 5.92 Å². The number of imide groups is 1. The third kappa shape index (κ3) is 2.73. The number of nitrogen functional groups attached to an aromatic ring is 1. The van der Waals surface area contributed by atoms with Crippen molar-refractivity contribution in [2.75, 3.05) is 5.73 Å². The summed E-state index contributed by atoms with van der Waals surface area (Å²) in [5.74, 6) is -0.277. The zero-order valence-corrected chi connectivity index (χ0v) is 13.9. The molecule has 25 heavy (non-hydrogen) atoms. The average Bonchev–Trinajstić information content (AvgIpc) is 2.98. The lowest BCUT2D eigenvalue weighted by Gasteiger charge is -2.20. The van der Waals surface area contributed by atoms with Crippen molar-refractivity contribution in [3.8, 4) is 5.69 Å². The Morgan fingerprint density at radius 2 is 1.80 bits per heavy atom. The molecule has 1 fully saturated rings. The Hall–Kier alpha value is -2.89. The van der Waals surface area contributed by atoms with Gasteiger partial charge in [0.15, 0.2) is 0 Å². The molecule has 1 aromatic heterocycles. The van der Waals surface area contributed by atoms with Gasteiger partial charge < -0.3 is 5.73 Å². The first-order valence-corrected chi connectivity index (χ1v) is 8.67. The maximum atomic E-state index is 12.4. The highest BCUT2D eigenvalue weighted by atomic mass is 16.2. The molecule has 6 nitrogen and oxygen atoms in total. The van der Waals surface area contributed by atoms with E-state index in [0.717, 1.165) is 18.5 Å². The van der Waals surface area contributed by atoms with Crippen LogP contribution >= 0.6 is 0 Å². The van der Waals surface area contributed by atoms with E-state index < -0.39 is 5.91 Å². The summed E-state index contributed by atoms with van der Waals surface area (Å²) >= 11 is 0. The Kier molecular flexibility index (Phi) is 3.87. The molecule has 128 valence electrons. The highest BCUT2D eigenvalue weighted by Crippen LogP contribution is 2.33. The second kappa shape index (κ2) is 6.20. The summed E-state index contributed by atoms with van der Waals surface area (Å²) in [5.41, 5.74) is 8.08. The molecule has 1 aliphatic heterocycles. The second-order valence-electron chi connectivity index (χ2n) is 6.62. The highest BCUT2D eigenvalue weighted by molar-refractivity contribution is 6.31. The molecule has 2 aliphatic rings. The number of anilines is 1. The number of allylic oxidation sites excluding steroid dienone is 1. The minimum atomic E-state index is -0.486. The molecule has 6 heteroatoms. The number of nitrogens with one attached hydrogen (secondary N) is 1. The fraction of sp³-hybridized carbons (Fsp3) is 0.316. The number of para-hydroxylation sites is 1. The van der Waals surface area contributed by atoms with Crippen molar-refractivity contribution in [3.63, 3.8) is 0 Å². The van der Waals surface area contributed by atoms with Crippen LogP contribution in [0.4, 0.5) is 5.82 Å². The van der Waals surface area contributed by atoms with Gasteiger partial charge in [-0.05, 0) is 30.9 Å². The number of hydrogen-bond acceptors (Lipinski definition) is 4. The van der Waals surface area contributed by atoms with Crippen LogP contribution in [-0.4, -0.2) is 21.6 Å². The van der Waals surface area contributed by atoms with E-state index in [0.29, 0.717) is 17.2 Å². The van der Waals surface area contributed by atoms with Gasteiger partial charge in [-0.2, -0.15) is 5.10 Å². The Balaban J connectivity index is 1.83. The molecule has 1 saturated carbocycles. The number of hydrogen-bond donors (Lipinski definition) is 2. The largest absolute Gasteiger partial charge is 0.383 e. The molecule has 0 bridgehead atoms. The van der Waals surface area contributed by atoms with E-state index in [2.05, 4.69) is 10.4 Å². The third-order valence-corrected chi connectivity index (χ3v) is 4.93. The molecule has 4 rings (SSSR count). The smallest absolute Gasteiger partial charge is 0.264 e. The molecule has 0 saturated heterocycles. The van der Waals surface area contributed by atoms with E-state index in [4.69, 9.17) is 5.73 Å². The van der Waals surface area contributed by atoms with Gasteiger partial charge in [0, 0.05) is 0 Å². The lowest BCUT2D eigenvalue weighted by Crippen LogP contribution is -2.36. The number of carbonyl (C=O) groups excluding carboxylic acids is 2. The molecule has 0 spiro atoms. The Bertz CT molecular complexity index is 861. The summed E-state index contributed by atoms with van der Waals surface area (Å²) in [6.07, 6.45) is 7.68. The van der Waals surface area contributed by atoms with E-state index in [1.165, 1.54) is 23.9 Å². The third-order valence-electron chi connectivity index (χ3n) is 4.93. The summed E-state index contributed by atoms with van der Waals surface area (Å²) < 4.78 is 1.53. The summed E-state index contributed by atoms with van der Waals surface area (Å²) in [7, 11) is 0. The Morgan fingerprint density at radius 1 is 1.08 bits per heavy atom. The van der Waals surface area contributed by atoms with E-state index >= 15 is 0 Å². The SMILES string of the molecule is Nc1c2c(nn1-c1ccccc1)/C(=C\C1CCCCC1)C(=O)NC2=O. The molecular formula is C19H20N4O2. The molecule has 0 unspecified atom stereocenters. The van der Waals surface area contributed by atoms with Gasteiger partial charge in [0.25, 0.3) is 11.8 Å². The highest BCUT2D eigenvalue weighted by Gasteiger charge is 2.34. The zero-order chi connectivity index (χ0) is 17.4. The van der Waals surface area contributed by atoms with Crippen LogP contribution in [0.25, 0.3) is 11.3 Å². The minimum Gasteiger partial charge on any atom is -0.383 e. The number of fused-ring (bicyclic) bond motifs is 1. The second-order valence-corrected chi connectivity index (χ2v) is 6.62. The van der Waals surface area contributed by atoms with Crippen molar-refractivity contribution < 1.29 is 9.59 Å². The Morgan fingerprint density at radius 3 is 2.52 bits per heavy atom. The minimum absolute atomic E-state index is 0.251. The fourth-order valence-electron chi connectivity index (χ4n) is 3.64. The molecule has 1 aromatic carbocycles. The summed E-state index contributed by atoms with van der Waals surface area (Å²) in [6, 6.07) is 9.37. The van der Waals surface area contributed by atoms with Gasteiger partial charge in [-0.15, -0.1) is 0 Å². The van der Waals surface area contributed by atoms with E-state index in [9.17, 15) is 9.59 Å². The molecule has 1 aliphatic carbocycles. The van der Waals surface area contributed by atoms with Gasteiger partial charge in [-0.3, -0.25) is 14.9 Å². The Labute approximate surface area is 145 Å². The molecule has 2 heterocycles. The lowest BCUT2D eigenvalue weighted by molar-refractivity contribution is -0.114. The van der Waals surface area contributed by atoms with Crippen LogP contribution in [0, 0.1) is 5.92 Å². The summed E-state index contributed by atoms with van der Waals surface area (Å²) in [4.78, 5) is 24.7. The fourth-order valence-corrected chi connectivity index (χ4v) is 3.64. The van der Waals surface area contributed by atoms with Crippen LogP contribution in [0.15, 0.2) is 36.4 Å². The number of nitrogens with two attached hydrogens (primary N) is 1. The number of aromatic nitrogens is 2. The van der Waals surface area contributed by atoms with Crippen molar-refractivity contribution >= 4 is 23.2 Å². The van der Waals surface area contributed by atoms with Crippen molar-refractivity contribution in [1.82, 2.24) is 15.1 Å². The molecule has 2 aromatic rings. The predicted octanol–water partition coefficient (Wildman–Crippen LogP) is 2.69. The normalized spacial score (nSPS) is 19.8. The van der Waals surface area contributed by atoms with Crippen LogP contribution in [0.3, 0.4) is 0 Å². The number of benzene rings is 1. The maximum absolute atomic E-state index is 12.4. The first kappa shape index (κ1) is 15.6. The standard InChI is InChI=1S/C19H20N4O2/c20-17-15-16(22-23(17)13-9-5-2-6-10-13)14(18(24)21-19(15)25)11-12-7-3-1-4-8-12/h2,5-6,9-12H,1,3-4,7-8,20H2,(H,21,24,25)/b14-11+. The lowest BCUT2D eigenvalue weighted by atomic mass is 9.86. The van der Waals surface area contributed by atoms with Crippen LogP contribution in [0.2, 0.25) is 0 Å². The van der Waals surface area contributed by atoms with E-state index in [1.807, 2.05) is 36.4 Å². The zero-order valence-electron chi connectivity index (χ0n) is 13.9. The number of rotatable bonds is 2. The molecule has 0 radical (unpaired) electrons.